The molecule has 0 saturated carbocycles. The van der Waals surface area contributed by atoms with Gasteiger partial charge in [0.25, 0.3) is 11.1 Å². The van der Waals surface area contributed by atoms with Crippen LogP contribution < -0.4 is 16.4 Å². The largest absolute Gasteiger partial charge is 0.481 e. The zero-order chi connectivity index (χ0) is 14.7. The second kappa shape index (κ2) is 5.60. The highest BCUT2D eigenvalue weighted by Gasteiger charge is 2.11. The number of rotatable bonds is 5. The lowest BCUT2D eigenvalue weighted by Gasteiger charge is -2.15. The molecule has 1 unspecified atom stereocenters. The molecule has 106 valence electrons. The number of hydrogen-bond acceptors (Lipinski definition) is 4. The Bertz CT molecular complexity index is 747. The molecule has 0 bridgehead atoms. The number of carboxylic acid groups (broad SMARTS) is 1. The Hall–Kier alpha value is -2.57. The van der Waals surface area contributed by atoms with Crippen LogP contribution in [0.1, 0.15) is 19.8 Å². The van der Waals surface area contributed by atoms with Crippen molar-refractivity contribution in [1.29, 1.82) is 0 Å². The molecule has 0 aliphatic carbocycles. The van der Waals surface area contributed by atoms with Gasteiger partial charge in [-0.15, -0.1) is 0 Å². The van der Waals surface area contributed by atoms with Gasteiger partial charge in [0.15, 0.2) is 0 Å². The summed E-state index contributed by atoms with van der Waals surface area (Å²) in [6.07, 6.45) is 0.461. The molecule has 1 aromatic carbocycles. The van der Waals surface area contributed by atoms with E-state index in [0.717, 1.165) is 0 Å². The molecule has 20 heavy (non-hydrogen) atoms. The quantitative estimate of drug-likeness (QED) is 0.647. The Morgan fingerprint density at radius 3 is 2.70 bits per heavy atom. The zero-order valence-corrected chi connectivity index (χ0v) is 10.9. The van der Waals surface area contributed by atoms with Crippen molar-refractivity contribution in [2.24, 2.45) is 0 Å². The summed E-state index contributed by atoms with van der Waals surface area (Å²) in [5, 5.41) is 16.8. The van der Waals surface area contributed by atoms with Crippen molar-refractivity contribution in [3.63, 3.8) is 0 Å². The van der Waals surface area contributed by atoms with Crippen molar-refractivity contribution in [3.05, 3.63) is 38.9 Å². The number of aromatic amines is 2. The SMILES string of the molecule is CC(CCC(=O)O)Nc1cccc2c(=O)[nH][nH]c(=O)c12. The molecule has 4 N–H and O–H groups in total. The Kier molecular flexibility index (Phi) is 3.88. The number of carboxylic acids is 1. The van der Waals surface area contributed by atoms with Gasteiger partial charge < -0.3 is 10.4 Å². The van der Waals surface area contributed by atoms with Crippen LogP contribution in [0.25, 0.3) is 10.8 Å². The van der Waals surface area contributed by atoms with Gasteiger partial charge in [-0.25, -0.2) is 0 Å². The average Bonchev–Trinajstić information content (AvgIpc) is 2.41. The summed E-state index contributed by atoms with van der Waals surface area (Å²) in [7, 11) is 0. The second-order valence-corrected chi connectivity index (χ2v) is 4.61. The minimum absolute atomic E-state index is 0.0376. The lowest BCUT2D eigenvalue weighted by atomic mass is 10.1. The fourth-order valence-electron chi connectivity index (χ4n) is 2.03. The molecule has 0 spiro atoms. The molecule has 1 atom stereocenters. The number of nitrogens with one attached hydrogen (secondary N) is 3. The van der Waals surface area contributed by atoms with Crippen LogP contribution in [0.3, 0.4) is 0 Å². The molecule has 0 fully saturated rings. The summed E-state index contributed by atoms with van der Waals surface area (Å²) in [6, 6.07) is 4.80. The normalized spacial score (nSPS) is 12.2. The first kappa shape index (κ1) is 13.9. The number of carbonyl (C=O) groups is 1. The highest BCUT2D eigenvalue weighted by Crippen LogP contribution is 2.18. The van der Waals surface area contributed by atoms with E-state index in [2.05, 4.69) is 15.5 Å². The molecule has 2 rings (SSSR count). The maximum absolute atomic E-state index is 11.8. The molecular weight excluding hydrogens is 262 g/mol. The lowest BCUT2D eigenvalue weighted by Crippen LogP contribution is -2.22. The van der Waals surface area contributed by atoms with Gasteiger partial charge in [-0.3, -0.25) is 24.6 Å². The predicted octanol–water partition coefficient (Wildman–Crippen LogP) is 0.882. The summed E-state index contributed by atoms with van der Waals surface area (Å²) >= 11 is 0. The van der Waals surface area contributed by atoms with E-state index in [-0.39, 0.29) is 23.4 Å². The standard InChI is InChI=1S/C13H15N3O4/c1-7(5-6-10(17)18)14-9-4-2-3-8-11(9)13(20)16-15-12(8)19/h2-4,7,14H,5-6H2,1H3,(H,15,19)(H,16,20)(H,17,18). The lowest BCUT2D eigenvalue weighted by molar-refractivity contribution is -0.137. The van der Waals surface area contributed by atoms with E-state index in [0.29, 0.717) is 17.5 Å². The van der Waals surface area contributed by atoms with Crippen molar-refractivity contribution in [3.8, 4) is 0 Å². The van der Waals surface area contributed by atoms with Crippen LogP contribution in [0, 0.1) is 0 Å². The van der Waals surface area contributed by atoms with Crippen molar-refractivity contribution in [2.45, 2.75) is 25.8 Å². The van der Waals surface area contributed by atoms with Crippen LogP contribution >= 0.6 is 0 Å². The third-order valence-corrected chi connectivity index (χ3v) is 3.02. The van der Waals surface area contributed by atoms with Crippen molar-refractivity contribution >= 4 is 22.4 Å². The monoisotopic (exact) mass is 277 g/mol. The highest BCUT2D eigenvalue weighted by atomic mass is 16.4. The van der Waals surface area contributed by atoms with E-state index < -0.39 is 11.5 Å². The Labute approximate surface area is 113 Å². The van der Waals surface area contributed by atoms with Crippen LogP contribution in [-0.2, 0) is 4.79 Å². The minimum atomic E-state index is -0.870. The van der Waals surface area contributed by atoms with Crippen LogP contribution in [0.4, 0.5) is 5.69 Å². The molecule has 7 nitrogen and oxygen atoms in total. The summed E-state index contributed by atoms with van der Waals surface area (Å²) in [5.41, 5.74) is -0.248. The van der Waals surface area contributed by atoms with Crippen molar-refractivity contribution in [1.82, 2.24) is 10.2 Å². The Morgan fingerprint density at radius 2 is 2.00 bits per heavy atom. The molecule has 0 amide bonds. The van der Waals surface area contributed by atoms with Crippen molar-refractivity contribution < 1.29 is 9.90 Å². The number of benzene rings is 1. The van der Waals surface area contributed by atoms with Gasteiger partial charge in [-0.1, -0.05) is 6.07 Å². The Balaban J connectivity index is 2.36. The summed E-state index contributed by atoms with van der Waals surface area (Å²) < 4.78 is 0. The van der Waals surface area contributed by atoms with Crippen LogP contribution in [0.2, 0.25) is 0 Å². The molecule has 2 aromatic rings. The van der Waals surface area contributed by atoms with Gasteiger partial charge >= 0.3 is 5.97 Å². The number of aliphatic carboxylic acids is 1. The fourth-order valence-corrected chi connectivity index (χ4v) is 2.03. The molecular formula is C13H15N3O4. The van der Waals surface area contributed by atoms with E-state index >= 15 is 0 Å². The molecule has 1 heterocycles. The van der Waals surface area contributed by atoms with Crippen LogP contribution in [0.5, 0.6) is 0 Å². The molecule has 0 aliphatic rings. The van der Waals surface area contributed by atoms with Crippen LogP contribution in [0.15, 0.2) is 27.8 Å². The van der Waals surface area contributed by atoms with Gasteiger partial charge in [-0.05, 0) is 25.5 Å². The first-order chi connectivity index (χ1) is 9.49. The first-order valence-electron chi connectivity index (χ1n) is 6.21. The minimum Gasteiger partial charge on any atom is -0.481 e. The zero-order valence-electron chi connectivity index (χ0n) is 10.9. The van der Waals surface area contributed by atoms with E-state index in [4.69, 9.17) is 5.11 Å². The van der Waals surface area contributed by atoms with Gasteiger partial charge in [0.05, 0.1) is 10.8 Å². The summed E-state index contributed by atoms with van der Waals surface area (Å²) in [5.74, 6) is -0.870. The van der Waals surface area contributed by atoms with Gasteiger partial charge in [0.1, 0.15) is 0 Å². The van der Waals surface area contributed by atoms with E-state index in [1.54, 1.807) is 18.2 Å². The highest BCUT2D eigenvalue weighted by molar-refractivity contribution is 5.92. The summed E-state index contributed by atoms with van der Waals surface area (Å²) in [4.78, 5) is 34.0. The first-order valence-corrected chi connectivity index (χ1v) is 6.21. The third-order valence-electron chi connectivity index (χ3n) is 3.02. The molecule has 1 aromatic heterocycles. The van der Waals surface area contributed by atoms with Gasteiger partial charge in [0.2, 0.25) is 0 Å². The Morgan fingerprint density at radius 1 is 1.30 bits per heavy atom. The number of H-pyrrole nitrogens is 2. The molecule has 0 aliphatic heterocycles. The van der Waals surface area contributed by atoms with E-state index in [1.807, 2.05) is 6.92 Å². The average molecular weight is 277 g/mol. The molecule has 0 radical (unpaired) electrons. The third kappa shape index (κ3) is 2.87. The maximum atomic E-state index is 11.8. The molecule has 0 saturated heterocycles. The topological polar surface area (TPSA) is 115 Å². The maximum Gasteiger partial charge on any atom is 0.303 e. The van der Waals surface area contributed by atoms with Gasteiger partial charge in [-0.2, -0.15) is 0 Å². The number of aromatic nitrogens is 2. The smallest absolute Gasteiger partial charge is 0.303 e. The van der Waals surface area contributed by atoms with Gasteiger partial charge in [0, 0.05) is 18.2 Å². The van der Waals surface area contributed by atoms with Crippen molar-refractivity contribution in [2.75, 3.05) is 5.32 Å². The number of fused-ring (bicyclic) bond motifs is 1. The molecule has 7 heteroatoms. The van der Waals surface area contributed by atoms with E-state index in [1.165, 1.54) is 0 Å². The fraction of sp³-hybridized carbons (Fsp3) is 0.308. The summed E-state index contributed by atoms with van der Waals surface area (Å²) in [6.45, 7) is 1.82. The van der Waals surface area contributed by atoms with E-state index in [9.17, 15) is 14.4 Å². The van der Waals surface area contributed by atoms with Crippen LogP contribution in [-0.4, -0.2) is 27.3 Å². The second-order valence-electron chi connectivity index (χ2n) is 4.61. The number of hydrogen-bond donors (Lipinski definition) is 4. The number of anilines is 1. The predicted molar refractivity (Wildman–Crippen MR) is 75.1 cm³/mol.